The molecule has 5 rings (SSSR count). The van der Waals surface area contributed by atoms with E-state index < -0.39 is 11.9 Å². The van der Waals surface area contributed by atoms with Crippen molar-refractivity contribution in [3.05, 3.63) is 65.9 Å². The number of hydrogen-bond donors (Lipinski definition) is 1. The second kappa shape index (κ2) is 8.22. The van der Waals surface area contributed by atoms with E-state index in [1.807, 2.05) is 13.0 Å². The van der Waals surface area contributed by atoms with E-state index in [1.54, 1.807) is 52.1 Å². The number of aromatic nitrogens is 4. The van der Waals surface area contributed by atoms with E-state index in [2.05, 4.69) is 25.5 Å². The molecule has 0 unspecified atom stereocenters. The Morgan fingerprint density at radius 2 is 2.12 bits per heavy atom. The molecule has 12 nitrogen and oxygen atoms in total. The molecule has 2 aliphatic heterocycles. The molecule has 0 saturated carbocycles. The van der Waals surface area contributed by atoms with Crippen molar-refractivity contribution in [3.8, 4) is 5.69 Å². The van der Waals surface area contributed by atoms with Crippen molar-refractivity contribution >= 4 is 23.6 Å². The Bertz CT molecular complexity index is 1260. The average Bonchev–Trinajstić information content (AvgIpc) is 3.52. The van der Waals surface area contributed by atoms with Crippen LogP contribution in [-0.4, -0.2) is 60.8 Å². The molecule has 2 aromatic heterocycles. The maximum absolute atomic E-state index is 12.7. The Balaban J connectivity index is 1.26. The predicted molar refractivity (Wildman–Crippen MR) is 115 cm³/mol. The molecule has 1 N–H and O–H groups in total. The van der Waals surface area contributed by atoms with Crippen molar-refractivity contribution in [3.63, 3.8) is 0 Å². The minimum absolute atomic E-state index is 0.0480. The first-order chi connectivity index (χ1) is 16.0. The molecule has 0 aliphatic carbocycles. The number of ether oxygens (including phenoxy) is 1. The normalized spacial score (nSPS) is 15.5. The van der Waals surface area contributed by atoms with Gasteiger partial charge < -0.3 is 19.5 Å². The second-order valence-corrected chi connectivity index (χ2v) is 7.53. The summed E-state index contributed by atoms with van der Waals surface area (Å²) in [7, 11) is 0. The Kier molecular flexibility index (Phi) is 5.09. The van der Waals surface area contributed by atoms with Crippen molar-refractivity contribution in [1.82, 2.24) is 29.7 Å². The van der Waals surface area contributed by atoms with Crippen LogP contribution in [0.15, 0.2) is 58.4 Å². The number of nitrogens with zero attached hydrogens (tertiary/aromatic N) is 7. The quantitative estimate of drug-likeness (QED) is 0.627. The van der Waals surface area contributed by atoms with Crippen molar-refractivity contribution in [2.24, 2.45) is 4.99 Å². The molecule has 4 heterocycles. The minimum Gasteiger partial charge on any atom is -0.418 e. The number of carbonyl (C=O) groups excluding carboxylic acids is 2. The number of nitrogens with one attached hydrogen (secondary N) is 1. The number of aryl methyl sites for hydroxylation is 2. The summed E-state index contributed by atoms with van der Waals surface area (Å²) in [6.45, 7) is 4.79. The smallest absolute Gasteiger partial charge is 0.348 e. The number of anilines is 1. The molecule has 168 valence electrons. The van der Waals surface area contributed by atoms with E-state index in [9.17, 15) is 9.59 Å². The van der Waals surface area contributed by atoms with Crippen LogP contribution in [0.2, 0.25) is 0 Å². The van der Waals surface area contributed by atoms with Crippen LogP contribution in [0.25, 0.3) is 5.69 Å². The van der Waals surface area contributed by atoms with Crippen LogP contribution in [0.3, 0.4) is 0 Å². The molecule has 33 heavy (non-hydrogen) atoms. The number of amides is 3. The Labute approximate surface area is 188 Å². The van der Waals surface area contributed by atoms with Gasteiger partial charge >= 0.3 is 12.1 Å². The number of urea groups is 1. The van der Waals surface area contributed by atoms with Gasteiger partial charge in [0.25, 0.3) is 5.91 Å². The SMILES string of the molecule is Cc1noc(C)c1CN1CCN2C=C(C(=O)Nc3cccc(-n4cncn4)c3)OC2=NC1=O. The molecule has 0 bridgehead atoms. The number of fused-ring (bicyclic) bond motifs is 1. The van der Waals surface area contributed by atoms with Crippen molar-refractivity contribution in [2.75, 3.05) is 18.4 Å². The van der Waals surface area contributed by atoms with Gasteiger partial charge in [0.15, 0.2) is 0 Å². The van der Waals surface area contributed by atoms with Gasteiger partial charge in [-0.3, -0.25) is 9.69 Å². The summed E-state index contributed by atoms with van der Waals surface area (Å²) in [6, 6.07) is 6.76. The Morgan fingerprint density at radius 1 is 1.24 bits per heavy atom. The van der Waals surface area contributed by atoms with Crippen LogP contribution in [0.4, 0.5) is 10.5 Å². The standard InChI is InChI=1S/C21H20N8O4/c1-13-17(14(2)33-26-13)9-27-6-7-28-10-18(32-21(28)25-20(27)31)19(30)24-15-4-3-5-16(8-15)29-12-22-11-23-29/h3-5,8,10-12H,6-7,9H2,1-2H3,(H,24,30). The van der Waals surface area contributed by atoms with Crippen LogP contribution in [0.1, 0.15) is 17.0 Å². The predicted octanol–water partition coefficient (Wildman–Crippen LogP) is 1.98. The summed E-state index contributed by atoms with van der Waals surface area (Å²) in [5.41, 5.74) is 2.90. The molecule has 2 aliphatic rings. The third-order valence-corrected chi connectivity index (χ3v) is 5.33. The van der Waals surface area contributed by atoms with Crippen molar-refractivity contribution in [1.29, 1.82) is 0 Å². The van der Waals surface area contributed by atoms with Gasteiger partial charge in [-0.2, -0.15) is 5.10 Å². The first-order valence-electron chi connectivity index (χ1n) is 10.2. The van der Waals surface area contributed by atoms with Crippen molar-refractivity contribution < 1.29 is 18.8 Å². The number of hydrogen-bond acceptors (Lipinski definition) is 8. The highest BCUT2D eigenvalue weighted by Crippen LogP contribution is 2.22. The van der Waals surface area contributed by atoms with E-state index in [0.717, 1.165) is 16.9 Å². The highest BCUT2D eigenvalue weighted by molar-refractivity contribution is 6.06. The van der Waals surface area contributed by atoms with E-state index in [-0.39, 0.29) is 11.8 Å². The van der Waals surface area contributed by atoms with Gasteiger partial charge in [0, 0.05) is 24.3 Å². The van der Waals surface area contributed by atoms with Gasteiger partial charge in [-0.25, -0.2) is 14.5 Å². The molecule has 1 aromatic carbocycles. The summed E-state index contributed by atoms with van der Waals surface area (Å²) in [4.78, 5) is 36.6. The van der Waals surface area contributed by atoms with E-state index >= 15 is 0 Å². The minimum atomic E-state index is -0.457. The summed E-state index contributed by atoms with van der Waals surface area (Å²) in [5, 5.41) is 10.8. The molecule has 0 radical (unpaired) electrons. The number of amidine groups is 1. The van der Waals surface area contributed by atoms with Gasteiger partial charge in [-0.05, 0) is 32.0 Å². The highest BCUT2D eigenvalue weighted by atomic mass is 16.5. The summed E-state index contributed by atoms with van der Waals surface area (Å²) >= 11 is 0. The van der Waals surface area contributed by atoms with Gasteiger partial charge in [0.2, 0.25) is 5.76 Å². The second-order valence-electron chi connectivity index (χ2n) is 7.53. The Hall–Kier alpha value is -4.48. The van der Waals surface area contributed by atoms with E-state index in [0.29, 0.717) is 31.1 Å². The lowest BCUT2D eigenvalue weighted by atomic mass is 10.2. The molecule has 3 aromatic rings. The molecule has 12 heteroatoms. The molecule has 0 spiro atoms. The maximum Gasteiger partial charge on any atom is 0.348 e. The summed E-state index contributed by atoms with van der Waals surface area (Å²) < 4.78 is 12.4. The lowest BCUT2D eigenvalue weighted by Gasteiger charge is -2.19. The zero-order chi connectivity index (χ0) is 22.9. The van der Waals surface area contributed by atoms with Gasteiger partial charge in [-0.15, -0.1) is 4.99 Å². The number of carbonyl (C=O) groups is 2. The molecule has 0 atom stereocenters. The highest BCUT2D eigenvalue weighted by Gasteiger charge is 2.32. The van der Waals surface area contributed by atoms with Gasteiger partial charge in [0.05, 0.1) is 24.1 Å². The topological polar surface area (TPSA) is 131 Å². The Morgan fingerprint density at radius 3 is 2.88 bits per heavy atom. The third kappa shape index (κ3) is 4.05. The van der Waals surface area contributed by atoms with Crippen LogP contribution in [-0.2, 0) is 16.1 Å². The number of rotatable bonds is 5. The van der Waals surface area contributed by atoms with Gasteiger partial charge in [0.1, 0.15) is 18.4 Å². The lowest BCUT2D eigenvalue weighted by molar-refractivity contribution is -0.114. The van der Waals surface area contributed by atoms with Gasteiger partial charge in [-0.1, -0.05) is 11.2 Å². The molecule has 0 fully saturated rings. The fourth-order valence-electron chi connectivity index (χ4n) is 3.53. The van der Waals surface area contributed by atoms with Crippen LogP contribution in [0.5, 0.6) is 0 Å². The number of benzene rings is 1. The molecule has 0 saturated heterocycles. The van der Waals surface area contributed by atoms with Crippen LogP contribution < -0.4 is 5.32 Å². The maximum atomic E-state index is 12.7. The fraction of sp³-hybridized carbons (Fsp3) is 0.238. The summed E-state index contributed by atoms with van der Waals surface area (Å²) in [6.07, 6.45) is 4.54. The fourth-order valence-corrected chi connectivity index (χ4v) is 3.53. The molecular formula is C21H20N8O4. The van der Waals surface area contributed by atoms with Crippen molar-refractivity contribution in [2.45, 2.75) is 20.4 Å². The number of aliphatic imine (C=N–C) groups is 1. The van der Waals surface area contributed by atoms with Crippen LogP contribution in [0, 0.1) is 13.8 Å². The largest absolute Gasteiger partial charge is 0.418 e. The third-order valence-electron chi connectivity index (χ3n) is 5.33. The molecular weight excluding hydrogens is 428 g/mol. The zero-order valence-electron chi connectivity index (χ0n) is 17.9. The molecule has 3 amide bonds. The van der Waals surface area contributed by atoms with E-state index in [1.165, 1.54) is 6.33 Å². The first-order valence-corrected chi connectivity index (χ1v) is 10.2. The van der Waals surface area contributed by atoms with Crippen LogP contribution >= 0.6 is 0 Å². The lowest BCUT2D eigenvalue weighted by Crippen LogP contribution is -2.32. The van der Waals surface area contributed by atoms with E-state index in [4.69, 9.17) is 9.26 Å². The zero-order valence-corrected chi connectivity index (χ0v) is 17.9. The monoisotopic (exact) mass is 448 g/mol. The average molecular weight is 448 g/mol. The first kappa shape index (κ1) is 20.4. The summed E-state index contributed by atoms with van der Waals surface area (Å²) in [5.74, 6) is 0.258.